The number of likely N-dealkylation sites (tertiary alicyclic amines) is 1. The average Bonchev–Trinajstić information content (AvgIpc) is 3.94. The number of alkyl carbamates (subject to hydrolysis) is 1. The highest BCUT2D eigenvalue weighted by Crippen LogP contribution is 2.52. The normalized spacial score (nSPS) is 26.7. The number of halogens is 1. The molecule has 3 N–H and O–H groups in total. The number of fused-ring (bicyclic) bond motifs is 2. The lowest BCUT2D eigenvalue weighted by atomic mass is 9.85. The number of methoxy groups -OCH3 is 1. The van der Waals surface area contributed by atoms with Gasteiger partial charge in [0.05, 0.1) is 24.9 Å². The molecule has 3 amide bonds. The third-order valence-electron chi connectivity index (χ3n) is 13.8. The number of amides is 3. The van der Waals surface area contributed by atoms with Crippen LogP contribution in [0.25, 0.3) is 22.3 Å². The van der Waals surface area contributed by atoms with Gasteiger partial charge in [-0.3, -0.25) is 14.5 Å². The van der Waals surface area contributed by atoms with Crippen molar-refractivity contribution in [2.24, 2.45) is 23.2 Å². The summed E-state index contributed by atoms with van der Waals surface area (Å²) < 4.78 is 25.0. The predicted octanol–water partition coefficient (Wildman–Crippen LogP) is 6.26. The van der Waals surface area contributed by atoms with E-state index in [1.54, 1.807) is 6.08 Å². The number of likely N-dealkylation sites (N-methyl/N-ethyl adjacent to an activating group) is 1. The second kappa shape index (κ2) is 19.8. The highest BCUT2D eigenvalue weighted by Gasteiger charge is 2.62. The molecular formula is C48H65IN8O8S. The Bertz CT molecular complexity index is 2300. The van der Waals surface area contributed by atoms with E-state index in [0.29, 0.717) is 51.9 Å². The molecule has 3 aromatic rings. The van der Waals surface area contributed by atoms with Gasteiger partial charge in [-0.15, -0.1) is 17.9 Å². The Hall–Kier alpha value is -4.27. The zero-order chi connectivity index (χ0) is 47.1. The van der Waals surface area contributed by atoms with Crippen LogP contribution in [0, 0.1) is 23.2 Å². The molecule has 3 aliphatic carbocycles. The van der Waals surface area contributed by atoms with Crippen molar-refractivity contribution in [2.75, 3.05) is 65.3 Å². The zero-order valence-electron chi connectivity index (χ0n) is 39.2. The van der Waals surface area contributed by atoms with Crippen molar-refractivity contribution in [3.63, 3.8) is 0 Å². The summed E-state index contributed by atoms with van der Waals surface area (Å²) in [7, 11) is 3.43. The fraction of sp³-hybridized carbons (Fsp3) is 0.625. The molecule has 1 unspecified atom stereocenters. The molecule has 2 aromatic heterocycles. The number of nitrogens with one attached hydrogen (secondary N) is 3. The lowest BCUT2D eigenvalue weighted by Crippen LogP contribution is -2.59. The number of pyridine rings is 1. The van der Waals surface area contributed by atoms with Gasteiger partial charge in [0.25, 0.3) is 0 Å². The molecule has 18 heteroatoms. The van der Waals surface area contributed by atoms with Gasteiger partial charge in [-0.1, -0.05) is 49.4 Å². The van der Waals surface area contributed by atoms with Crippen LogP contribution >= 0.6 is 33.9 Å². The van der Waals surface area contributed by atoms with Crippen LogP contribution in [0.2, 0.25) is 0 Å². The predicted molar refractivity (Wildman–Crippen MR) is 262 cm³/mol. The second-order valence-electron chi connectivity index (χ2n) is 20.1. The Balaban J connectivity index is 1.11. The number of nitrogens with zero attached hydrogens (tertiary/aromatic N) is 5. The maximum absolute atomic E-state index is 15.0. The first kappa shape index (κ1) is 48.2. The summed E-state index contributed by atoms with van der Waals surface area (Å²) in [6.45, 7) is 19.0. The van der Waals surface area contributed by atoms with E-state index >= 15 is 0 Å². The lowest BCUT2D eigenvalue weighted by Gasteiger charge is -2.35. The standard InChI is InChI=1S/C48H65IN8O8S/c1-9-30-23-48(30,44(60)62-8)54-42(58)37-21-32(25-57(37)43(59)41(47(4,5)6)53-46(61)65-31-19-28-18-29(28)20-31)64-39-22-35(36-26-66-45(52-36)50-27(2)3)51-40-33(39)10-11-38(34(40)24-49)63-17-16-56-14-12-55(7)13-15-56/h9-11,22,26-32,37,41H,1,12-21,23-25H2,2-8H3,(H,50,52)(H,53,61)(H,54,58)/t28-,29+,30-,31+,32-,37+,41-,48?/m1/s1. The van der Waals surface area contributed by atoms with Crippen LogP contribution in [0.1, 0.15) is 72.3 Å². The Morgan fingerprint density at radius 1 is 1.02 bits per heavy atom. The summed E-state index contributed by atoms with van der Waals surface area (Å²) in [5, 5.41) is 12.7. The summed E-state index contributed by atoms with van der Waals surface area (Å²) in [5.41, 5.74) is 0.849. The molecule has 358 valence electrons. The van der Waals surface area contributed by atoms with Crippen LogP contribution in [0.15, 0.2) is 36.2 Å². The molecule has 66 heavy (non-hydrogen) atoms. The van der Waals surface area contributed by atoms with Crippen molar-refractivity contribution >= 4 is 73.8 Å². The van der Waals surface area contributed by atoms with Crippen molar-refractivity contribution in [2.45, 2.75) is 107 Å². The maximum Gasteiger partial charge on any atom is 0.408 e. The Morgan fingerprint density at radius 3 is 2.41 bits per heavy atom. The number of ether oxygens (including phenoxy) is 4. The first-order chi connectivity index (χ1) is 31.5. The number of esters is 1. The van der Waals surface area contributed by atoms with Crippen LogP contribution in [-0.2, 0) is 28.3 Å². The fourth-order valence-electron chi connectivity index (χ4n) is 9.77. The van der Waals surface area contributed by atoms with Crippen LogP contribution in [0.5, 0.6) is 11.5 Å². The molecule has 16 nitrogen and oxygen atoms in total. The van der Waals surface area contributed by atoms with Gasteiger partial charge in [-0.2, -0.15) is 0 Å². The molecule has 4 heterocycles. The number of hydrogen-bond donors (Lipinski definition) is 3. The Morgan fingerprint density at radius 2 is 1.76 bits per heavy atom. The van der Waals surface area contributed by atoms with E-state index in [1.807, 2.05) is 44.4 Å². The minimum atomic E-state index is -1.29. The summed E-state index contributed by atoms with van der Waals surface area (Å²) in [4.78, 5) is 72.4. The van der Waals surface area contributed by atoms with Crippen molar-refractivity contribution in [3.8, 4) is 22.9 Å². The van der Waals surface area contributed by atoms with E-state index in [1.165, 1.54) is 29.8 Å². The van der Waals surface area contributed by atoms with Crippen LogP contribution < -0.4 is 25.4 Å². The molecule has 0 spiro atoms. The van der Waals surface area contributed by atoms with E-state index in [0.717, 1.165) is 67.4 Å². The molecule has 0 radical (unpaired) electrons. The number of alkyl halides is 1. The summed E-state index contributed by atoms with van der Waals surface area (Å²) in [6.07, 6.45) is 3.39. The second-order valence-corrected chi connectivity index (χ2v) is 21.7. The molecular weight excluding hydrogens is 976 g/mol. The topological polar surface area (TPSA) is 177 Å². The summed E-state index contributed by atoms with van der Waals surface area (Å²) in [5.74, 6) is 0.590. The first-order valence-electron chi connectivity index (χ1n) is 23.3. The van der Waals surface area contributed by atoms with E-state index in [9.17, 15) is 19.2 Å². The van der Waals surface area contributed by atoms with E-state index in [4.69, 9.17) is 28.9 Å². The number of aromatic nitrogens is 2. The number of anilines is 1. The molecule has 8 atom stereocenters. The van der Waals surface area contributed by atoms with Crippen molar-refractivity contribution < 1.29 is 38.1 Å². The summed E-state index contributed by atoms with van der Waals surface area (Å²) in [6, 6.07) is 3.88. The Labute approximate surface area is 405 Å². The number of piperazine rings is 1. The molecule has 5 aliphatic rings. The third-order valence-corrected chi connectivity index (χ3v) is 15.3. The van der Waals surface area contributed by atoms with Crippen LogP contribution in [0.3, 0.4) is 0 Å². The van der Waals surface area contributed by atoms with Gasteiger partial charge in [0.15, 0.2) is 5.13 Å². The number of benzene rings is 1. The largest absolute Gasteiger partial charge is 0.492 e. The van der Waals surface area contributed by atoms with Crippen molar-refractivity contribution in [3.05, 3.63) is 41.8 Å². The Kier molecular flexibility index (Phi) is 14.4. The number of thiazole rings is 1. The van der Waals surface area contributed by atoms with Crippen LogP contribution in [0.4, 0.5) is 9.93 Å². The molecule has 8 rings (SSSR count). The smallest absolute Gasteiger partial charge is 0.408 e. The van der Waals surface area contributed by atoms with Gasteiger partial charge in [0.1, 0.15) is 53.6 Å². The SMILES string of the molecule is C=C[C@@H]1CC1(NC(=O)[C@@H]1C[C@@H](Oc2cc(-c3csc(NC(C)C)n3)nc3c(CI)c(OCCN4CCN(C)CC4)ccc23)CN1C(=O)[C@@H](NC(=O)O[C@@H]1C[C@@H]2C[C@@H]2C1)C(C)(C)C)C(=O)OC. The fourth-order valence-corrected chi connectivity index (χ4v) is 11.4. The van der Waals surface area contributed by atoms with Gasteiger partial charge < -0.3 is 44.7 Å². The average molecular weight is 1040 g/mol. The van der Waals surface area contributed by atoms with Gasteiger partial charge in [-0.25, -0.2) is 19.6 Å². The zero-order valence-corrected chi connectivity index (χ0v) is 42.2. The van der Waals surface area contributed by atoms with Gasteiger partial charge >= 0.3 is 12.1 Å². The highest BCUT2D eigenvalue weighted by molar-refractivity contribution is 14.1. The van der Waals surface area contributed by atoms with E-state index in [-0.39, 0.29) is 31.0 Å². The molecule has 2 saturated heterocycles. The van der Waals surface area contributed by atoms with Gasteiger partial charge in [0, 0.05) is 77.9 Å². The minimum absolute atomic E-state index is 0.0211. The van der Waals surface area contributed by atoms with Crippen LogP contribution in [-0.4, -0.2) is 144 Å². The monoisotopic (exact) mass is 1040 g/mol. The number of carbonyl (C=O) groups is 4. The first-order valence-corrected chi connectivity index (χ1v) is 25.7. The van der Waals surface area contributed by atoms with Crippen molar-refractivity contribution in [1.29, 1.82) is 0 Å². The van der Waals surface area contributed by atoms with Gasteiger partial charge in [-0.05, 0) is 76.0 Å². The molecule has 5 fully saturated rings. The molecule has 2 aliphatic heterocycles. The number of rotatable bonds is 17. The quantitative estimate of drug-likeness (QED) is 0.0599. The lowest BCUT2D eigenvalue weighted by molar-refractivity contribution is -0.148. The third kappa shape index (κ3) is 10.6. The minimum Gasteiger partial charge on any atom is -0.492 e. The van der Waals surface area contributed by atoms with E-state index in [2.05, 4.69) is 75.8 Å². The van der Waals surface area contributed by atoms with Crippen molar-refractivity contribution in [1.82, 2.24) is 35.3 Å². The highest BCUT2D eigenvalue weighted by atomic mass is 127. The van der Waals surface area contributed by atoms with Gasteiger partial charge in [0.2, 0.25) is 11.8 Å². The number of carbonyl (C=O) groups excluding carboxylic acids is 4. The number of hydrogen-bond acceptors (Lipinski definition) is 14. The van der Waals surface area contributed by atoms with E-state index < -0.39 is 53.0 Å². The molecule has 3 saturated carbocycles. The molecule has 0 bridgehead atoms. The summed E-state index contributed by atoms with van der Waals surface area (Å²) >= 11 is 3.84. The molecule has 1 aromatic carbocycles. The maximum atomic E-state index is 15.0.